The Balaban J connectivity index is 2.23. The lowest BCUT2D eigenvalue weighted by molar-refractivity contribution is 0.0470. The van der Waals surface area contributed by atoms with E-state index >= 15 is 0 Å². The summed E-state index contributed by atoms with van der Waals surface area (Å²) in [7, 11) is 0. The molecule has 2 aromatic heterocycles. The van der Waals surface area contributed by atoms with Crippen molar-refractivity contribution in [3.8, 4) is 11.4 Å². The molecule has 0 amide bonds. The number of carbonyl (C=O) groups excluding carboxylic acids is 1. The second-order valence-corrected chi connectivity index (χ2v) is 2.77. The SMILES string of the molecule is CCOC(=O)c1nc(-c2cncnc2)no1. The van der Waals surface area contributed by atoms with Crippen LogP contribution in [0.5, 0.6) is 0 Å². The van der Waals surface area contributed by atoms with Gasteiger partial charge in [0.25, 0.3) is 0 Å². The van der Waals surface area contributed by atoms with Crippen LogP contribution in [0.2, 0.25) is 0 Å². The van der Waals surface area contributed by atoms with E-state index in [0.29, 0.717) is 5.56 Å². The van der Waals surface area contributed by atoms with Crippen LogP contribution in [0.15, 0.2) is 23.2 Å². The molecule has 16 heavy (non-hydrogen) atoms. The molecule has 0 unspecified atom stereocenters. The zero-order valence-electron chi connectivity index (χ0n) is 8.45. The highest BCUT2D eigenvalue weighted by molar-refractivity contribution is 5.84. The molecule has 0 fully saturated rings. The van der Waals surface area contributed by atoms with E-state index in [-0.39, 0.29) is 18.3 Å². The molecule has 0 N–H and O–H groups in total. The fourth-order valence-electron chi connectivity index (χ4n) is 1.03. The normalized spacial score (nSPS) is 10.1. The first kappa shape index (κ1) is 10.2. The van der Waals surface area contributed by atoms with E-state index in [9.17, 15) is 4.79 Å². The van der Waals surface area contributed by atoms with Gasteiger partial charge in [0.05, 0.1) is 12.2 Å². The summed E-state index contributed by atoms with van der Waals surface area (Å²) in [6, 6.07) is 0. The van der Waals surface area contributed by atoms with Crippen LogP contribution in [0, 0.1) is 0 Å². The smallest absolute Gasteiger partial charge is 0.397 e. The Bertz CT molecular complexity index is 483. The number of nitrogens with zero attached hydrogens (tertiary/aromatic N) is 4. The van der Waals surface area contributed by atoms with E-state index in [0.717, 1.165) is 0 Å². The number of aromatic nitrogens is 4. The van der Waals surface area contributed by atoms with Crippen LogP contribution in [0.25, 0.3) is 11.4 Å². The maximum atomic E-state index is 11.2. The zero-order chi connectivity index (χ0) is 11.4. The predicted octanol–water partition coefficient (Wildman–Crippen LogP) is 0.703. The fraction of sp³-hybridized carbons (Fsp3) is 0.222. The summed E-state index contributed by atoms with van der Waals surface area (Å²) in [5.74, 6) is -0.567. The van der Waals surface area contributed by atoms with Crippen molar-refractivity contribution in [1.82, 2.24) is 20.1 Å². The molecule has 0 aliphatic rings. The quantitative estimate of drug-likeness (QED) is 0.703. The molecule has 0 saturated carbocycles. The molecule has 0 aliphatic heterocycles. The Hall–Kier alpha value is -2.31. The van der Waals surface area contributed by atoms with Crippen LogP contribution in [-0.2, 0) is 4.74 Å². The summed E-state index contributed by atoms with van der Waals surface area (Å²) in [5.41, 5.74) is 0.571. The van der Waals surface area contributed by atoms with Crippen molar-refractivity contribution in [2.24, 2.45) is 0 Å². The highest BCUT2D eigenvalue weighted by atomic mass is 16.6. The Kier molecular flexibility index (Phi) is 2.86. The minimum atomic E-state index is -0.641. The van der Waals surface area contributed by atoms with Gasteiger partial charge in [0.1, 0.15) is 6.33 Å². The summed E-state index contributed by atoms with van der Waals surface area (Å²) in [6.45, 7) is 1.95. The first-order valence-electron chi connectivity index (χ1n) is 4.57. The molecule has 7 heteroatoms. The minimum Gasteiger partial charge on any atom is -0.459 e. The zero-order valence-corrected chi connectivity index (χ0v) is 8.45. The number of esters is 1. The van der Waals surface area contributed by atoms with Crippen LogP contribution >= 0.6 is 0 Å². The molecule has 2 aromatic rings. The second kappa shape index (κ2) is 4.47. The first-order chi connectivity index (χ1) is 7.81. The van der Waals surface area contributed by atoms with Crippen LogP contribution in [0.1, 0.15) is 17.6 Å². The molecule has 0 aromatic carbocycles. The molecule has 2 heterocycles. The van der Waals surface area contributed by atoms with Crippen LogP contribution in [-0.4, -0.2) is 32.7 Å². The summed E-state index contributed by atoms with van der Waals surface area (Å²) < 4.78 is 9.45. The lowest BCUT2D eigenvalue weighted by Gasteiger charge is -1.93. The van der Waals surface area contributed by atoms with Crippen LogP contribution in [0.4, 0.5) is 0 Å². The third-order valence-corrected chi connectivity index (χ3v) is 1.69. The molecule has 0 bridgehead atoms. The van der Waals surface area contributed by atoms with Crippen molar-refractivity contribution in [2.45, 2.75) is 6.92 Å². The van der Waals surface area contributed by atoms with E-state index in [2.05, 4.69) is 20.1 Å². The van der Waals surface area contributed by atoms with Crippen molar-refractivity contribution in [2.75, 3.05) is 6.61 Å². The average molecular weight is 220 g/mol. The minimum absolute atomic E-state index is 0.180. The van der Waals surface area contributed by atoms with Gasteiger partial charge in [-0.15, -0.1) is 0 Å². The van der Waals surface area contributed by atoms with E-state index in [1.54, 1.807) is 6.92 Å². The summed E-state index contributed by atoms with van der Waals surface area (Å²) in [6.07, 6.45) is 4.43. The molecule has 82 valence electrons. The monoisotopic (exact) mass is 220 g/mol. The Morgan fingerprint density at radius 2 is 2.19 bits per heavy atom. The molecular formula is C9H8N4O3. The highest BCUT2D eigenvalue weighted by Gasteiger charge is 2.16. The van der Waals surface area contributed by atoms with Gasteiger partial charge in [-0.2, -0.15) is 4.98 Å². The Morgan fingerprint density at radius 3 is 2.88 bits per heavy atom. The molecule has 2 rings (SSSR count). The van der Waals surface area contributed by atoms with Crippen molar-refractivity contribution in [1.29, 1.82) is 0 Å². The van der Waals surface area contributed by atoms with E-state index < -0.39 is 5.97 Å². The Labute approximate surface area is 90.5 Å². The van der Waals surface area contributed by atoms with Crippen molar-refractivity contribution in [3.05, 3.63) is 24.6 Å². The number of rotatable bonds is 3. The van der Waals surface area contributed by atoms with Gasteiger partial charge in [-0.25, -0.2) is 14.8 Å². The van der Waals surface area contributed by atoms with Crippen molar-refractivity contribution in [3.63, 3.8) is 0 Å². The predicted molar refractivity (Wildman–Crippen MR) is 51.3 cm³/mol. The number of carbonyl (C=O) groups is 1. The van der Waals surface area contributed by atoms with Gasteiger partial charge < -0.3 is 9.26 Å². The Morgan fingerprint density at radius 1 is 1.44 bits per heavy atom. The number of ether oxygens (including phenoxy) is 1. The number of hydrogen-bond donors (Lipinski definition) is 0. The third kappa shape index (κ3) is 2.02. The van der Waals surface area contributed by atoms with E-state index in [1.807, 2.05) is 0 Å². The molecule has 0 atom stereocenters. The van der Waals surface area contributed by atoms with E-state index in [4.69, 9.17) is 9.26 Å². The molecule has 0 aliphatic carbocycles. The van der Waals surface area contributed by atoms with Gasteiger partial charge in [0.15, 0.2) is 0 Å². The largest absolute Gasteiger partial charge is 0.459 e. The highest BCUT2D eigenvalue weighted by Crippen LogP contribution is 2.12. The lowest BCUT2D eigenvalue weighted by atomic mass is 10.3. The maximum Gasteiger partial charge on any atom is 0.397 e. The first-order valence-corrected chi connectivity index (χ1v) is 4.57. The molecule has 0 spiro atoms. The summed E-state index contributed by atoms with van der Waals surface area (Å²) in [4.78, 5) is 22.7. The van der Waals surface area contributed by atoms with Gasteiger partial charge >= 0.3 is 11.9 Å². The van der Waals surface area contributed by atoms with Crippen molar-refractivity contribution < 1.29 is 14.1 Å². The molecule has 0 saturated heterocycles. The fourth-order valence-corrected chi connectivity index (χ4v) is 1.03. The van der Waals surface area contributed by atoms with Gasteiger partial charge in [-0.05, 0) is 6.92 Å². The molecule has 7 nitrogen and oxygen atoms in total. The van der Waals surface area contributed by atoms with Crippen LogP contribution in [0.3, 0.4) is 0 Å². The lowest BCUT2D eigenvalue weighted by Crippen LogP contribution is -2.04. The van der Waals surface area contributed by atoms with Gasteiger partial charge in [-0.3, -0.25) is 0 Å². The third-order valence-electron chi connectivity index (χ3n) is 1.69. The standard InChI is InChI=1S/C9H8N4O3/c1-2-15-9(14)8-12-7(13-16-8)6-3-10-5-11-4-6/h3-5H,2H2,1H3. The molecular weight excluding hydrogens is 212 g/mol. The average Bonchev–Trinajstić information content (AvgIpc) is 2.80. The molecule has 0 radical (unpaired) electrons. The van der Waals surface area contributed by atoms with Crippen molar-refractivity contribution >= 4 is 5.97 Å². The second-order valence-electron chi connectivity index (χ2n) is 2.77. The maximum absolute atomic E-state index is 11.2. The van der Waals surface area contributed by atoms with Gasteiger partial charge in [0.2, 0.25) is 5.82 Å². The van der Waals surface area contributed by atoms with Gasteiger partial charge in [0, 0.05) is 12.4 Å². The summed E-state index contributed by atoms with van der Waals surface area (Å²) in [5, 5.41) is 3.62. The van der Waals surface area contributed by atoms with Gasteiger partial charge in [-0.1, -0.05) is 5.16 Å². The van der Waals surface area contributed by atoms with E-state index in [1.165, 1.54) is 18.7 Å². The topological polar surface area (TPSA) is 91.0 Å². The van der Waals surface area contributed by atoms with Crippen LogP contribution < -0.4 is 0 Å². The summed E-state index contributed by atoms with van der Waals surface area (Å²) >= 11 is 0. The number of hydrogen-bond acceptors (Lipinski definition) is 7.